The Kier molecular flexibility index (Phi) is 6.08. The number of methoxy groups -OCH3 is 2. The largest absolute Gasteiger partial charge is 0.595 e. The van der Waals surface area contributed by atoms with E-state index >= 15 is 0 Å². The van der Waals surface area contributed by atoms with Crippen molar-refractivity contribution in [2.75, 3.05) is 14.2 Å². The summed E-state index contributed by atoms with van der Waals surface area (Å²) >= 11 is 0. The maximum atomic E-state index is 12.0. The Bertz CT molecular complexity index is 885. The van der Waals surface area contributed by atoms with Gasteiger partial charge in [-0.1, -0.05) is 13.8 Å². The van der Waals surface area contributed by atoms with Gasteiger partial charge in [0.1, 0.15) is 29.0 Å². The normalized spacial score (nSPS) is 12.4. The maximum absolute atomic E-state index is 12.0. The molecule has 28 heavy (non-hydrogen) atoms. The Morgan fingerprint density at radius 1 is 0.929 bits per heavy atom. The molecule has 3 aromatic rings. The number of quaternary nitrogens is 1. The van der Waals surface area contributed by atoms with Crippen molar-refractivity contribution in [3.05, 3.63) is 70.2 Å². The van der Waals surface area contributed by atoms with Crippen LogP contribution in [0.15, 0.2) is 45.2 Å². The minimum Gasteiger partial charge on any atom is -0.595 e. The van der Waals surface area contributed by atoms with Gasteiger partial charge in [0.15, 0.2) is 17.2 Å². The SMILES string of the molecule is CCc1ccc(C(c2ccc(CC)o2)c2cc(OC)c(OC)cc2[NH+]([O-])O)o1. The average Bonchev–Trinajstić information content (AvgIpc) is 3.37. The van der Waals surface area contributed by atoms with Gasteiger partial charge in [0, 0.05) is 24.5 Å². The highest BCUT2D eigenvalue weighted by Gasteiger charge is 2.30. The minimum absolute atomic E-state index is 0.103. The standard InChI is InChI=1S/C21H25NO6/c1-5-13-7-9-17(27-13)21(18-10-8-14(6-2)28-18)15-11-19(25-3)20(26-4)12-16(15)22(23)24/h7-12,21-23H,5-6H2,1-4H3. The second-order valence-electron chi connectivity index (χ2n) is 6.35. The summed E-state index contributed by atoms with van der Waals surface area (Å²) in [5, 5.41) is 20.8. The molecule has 0 aliphatic carbocycles. The summed E-state index contributed by atoms with van der Waals surface area (Å²) in [4.78, 5) is 0. The molecule has 2 aromatic heterocycles. The van der Waals surface area contributed by atoms with E-state index in [2.05, 4.69) is 0 Å². The Balaban J connectivity index is 2.24. The van der Waals surface area contributed by atoms with Crippen molar-refractivity contribution in [3.8, 4) is 11.5 Å². The zero-order valence-corrected chi connectivity index (χ0v) is 16.4. The summed E-state index contributed by atoms with van der Waals surface area (Å²) in [6.07, 6.45) is 1.48. The predicted octanol–water partition coefficient (Wildman–Crippen LogP) is 3.60. The molecule has 0 fully saturated rings. The lowest BCUT2D eigenvalue weighted by atomic mass is 9.92. The average molecular weight is 387 g/mol. The Morgan fingerprint density at radius 2 is 1.43 bits per heavy atom. The van der Waals surface area contributed by atoms with Crippen molar-refractivity contribution in [2.45, 2.75) is 32.6 Å². The van der Waals surface area contributed by atoms with E-state index in [1.165, 1.54) is 20.3 Å². The van der Waals surface area contributed by atoms with Gasteiger partial charge >= 0.3 is 0 Å². The van der Waals surface area contributed by atoms with Gasteiger partial charge in [0.05, 0.1) is 14.2 Å². The van der Waals surface area contributed by atoms with Crippen LogP contribution in [0, 0.1) is 5.21 Å². The third-order valence-electron chi connectivity index (χ3n) is 4.73. The molecular weight excluding hydrogens is 362 g/mol. The zero-order valence-electron chi connectivity index (χ0n) is 16.4. The van der Waals surface area contributed by atoms with E-state index in [4.69, 9.17) is 18.3 Å². The van der Waals surface area contributed by atoms with Gasteiger partial charge in [0.25, 0.3) is 0 Å². The molecule has 3 rings (SSSR count). The molecule has 2 heterocycles. The summed E-state index contributed by atoms with van der Waals surface area (Å²) in [7, 11) is 2.99. The monoisotopic (exact) mass is 387 g/mol. The first-order chi connectivity index (χ1) is 13.5. The van der Waals surface area contributed by atoms with Gasteiger partial charge in [-0.15, -0.1) is 0 Å². The van der Waals surface area contributed by atoms with E-state index in [1.54, 1.807) is 6.07 Å². The van der Waals surface area contributed by atoms with E-state index in [0.717, 1.165) is 24.4 Å². The van der Waals surface area contributed by atoms with Crippen molar-refractivity contribution < 1.29 is 28.7 Å². The van der Waals surface area contributed by atoms with Gasteiger partial charge in [0.2, 0.25) is 0 Å². The molecule has 2 N–H and O–H groups in total. The van der Waals surface area contributed by atoms with Crippen molar-refractivity contribution in [1.82, 2.24) is 0 Å². The second kappa shape index (κ2) is 8.52. The summed E-state index contributed by atoms with van der Waals surface area (Å²) in [5.74, 6) is 3.14. The van der Waals surface area contributed by atoms with Gasteiger partial charge in [-0.2, -0.15) is 5.23 Å². The molecule has 0 spiro atoms. The maximum Gasteiger partial charge on any atom is 0.172 e. The van der Waals surface area contributed by atoms with Crippen LogP contribution in [0.4, 0.5) is 5.69 Å². The summed E-state index contributed by atoms with van der Waals surface area (Å²) < 4.78 is 22.7. The summed E-state index contributed by atoms with van der Waals surface area (Å²) in [6.45, 7) is 4.00. The quantitative estimate of drug-likeness (QED) is 0.574. The van der Waals surface area contributed by atoms with Crippen molar-refractivity contribution in [3.63, 3.8) is 0 Å². The number of ether oxygens (including phenoxy) is 2. The van der Waals surface area contributed by atoms with E-state index in [-0.39, 0.29) is 5.69 Å². The number of hydrogen-bond donors (Lipinski definition) is 2. The van der Waals surface area contributed by atoms with Crippen LogP contribution in [0.3, 0.4) is 0 Å². The minimum atomic E-state index is -1.06. The first kappa shape index (κ1) is 20.0. The lowest BCUT2D eigenvalue weighted by Gasteiger charge is -2.22. The lowest BCUT2D eigenvalue weighted by molar-refractivity contribution is -0.991. The molecule has 0 saturated carbocycles. The topological polar surface area (TPSA) is 92.5 Å². The molecule has 1 unspecified atom stereocenters. The third-order valence-corrected chi connectivity index (χ3v) is 4.73. The van der Waals surface area contributed by atoms with Gasteiger partial charge in [-0.3, -0.25) is 0 Å². The van der Waals surface area contributed by atoms with E-state index in [9.17, 15) is 10.4 Å². The molecule has 0 aliphatic heterocycles. The highest BCUT2D eigenvalue weighted by Crippen LogP contribution is 2.41. The van der Waals surface area contributed by atoms with E-state index < -0.39 is 11.1 Å². The van der Waals surface area contributed by atoms with E-state index in [1.807, 2.05) is 38.1 Å². The number of rotatable bonds is 8. The summed E-state index contributed by atoms with van der Waals surface area (Å²) in [6, 6.07) is 10.7. The molecular formula is C21H25NO6. The molecule has 0 amide bonds. The van der Waals surface area contributed by atoms with Crippen molar-refractivity contribution in [2.24, 2.45) is 0 Å². The second-order valence-corrected chi connectivity index (χ2v) is 6.35. The fourth-order valence-corrected chi connectivity index (χ4v) is 3.24. The molecule has 1 atom stereocenters. The Labute approximate surface area is 163 Å². The number of benzene rings is 1. The van der Waals surface area contributed by atoms with Crippen LogP contribution in [0.5, 0.6) is 11.5 Å². The summed E-state index contributed by atoms with van der Waals surface area (Å²) in [5.41, 5.74) is 0.616. The van der Waals surface area contributed by atoms with E-state index in [0.29, 0.717) is 28.6 Å². The molecule has 7 nitrogen and oxygen atoms in total. The highest BCUT2D eigenvalue weighted by molar-refractivity contribution is 5.58. The molecule has 0 aliphatic rings. The molecule has 7 heteroatoms. The lowest BCUT2D eigenvalue weighted by Crippen LogP contribution is -2.99. The number of aryl methyl sites for hydroxylation is 2. The van der Waals surface area contributed by atoms with Crippen LogP contribution in [0.2, 0.25) is 0 Å². The van der Waals surface area contributed by atoms with Gasteiger partial charge in [-0.05, 0) is 30.3 Å². The van der Waals surface area contributed by atoms with Crippen LogP contribution in [0.1, 0.15) is 48.4 Å². The van der Waals surface area contributed by atoms with Crippen LogP contribution < -0.4 is 14.7 Å². The van der Waals surface area contributed by atoms with Crippen LogP contribution in [-0.4, -0.2) is 19.4 Å². The van der Waals surface area contributed by atoms with Crippen LogP contribution in [0.25, 0.3) is 0 Å². The number of nitrogens with one attached hydrogen (secondary N) is 1. The first-order valence-corrected chi connectivity index (χ1v) is 9.18. The molecule has 0 saturated heterocycles. The number of furan rings is 2. The fourth-order valence-electron chi connectivity index (χ4n) is 3.24. The third kappa shape index (κ3) is 3.77. The van der Waals surface area contributed by atoms with Crippen LogP contribution in [-0.2, 0) is 12.8 Å². The van der Waals surface area contributed by atoms with Crippen molar-refractivity contribution in [1.29, 1.82) is 0 Å². The van der Waals surface area contributed by atoms with Crippen LogP contribution >= 0.6 is 0 Å². The zero-order chi connectivity index (χ0) is 20.3. The molecule has 0 radical (unpaired) electrons. The smallest absolute Gasteiger partial charge is 0.172 e. The Morgan fingerprint density at radius 3 is 1.82 bits per heavy atom. The number of hydrogen-bond acceptors (Lipinski definition) is 6. The Hall–Kier alpha value is -2.74. The fraction of sp³-hybridized carbons (Fsp3) is 0.333. The predicted molar refractivity (Wildman–Crippen MR) is 102 cm³/mol. The highest BCUT2D eigenvalue weighted by atomic mass is 16.8. The van der Waals surface area contributed by atoms with Crippen molar-refractivity contribution >= 4 is 5.69 Å². The molecule has 1 aromatic carbocycles. The molecule has 150 valence electrons. The molecule has 0 bridgehead atoms. The van der Waals surface area contributed by atoms with Gasteiger partial charge < -0.3 is 23.5 Å². The first-order valence-electron chi connectivity index (χ1n) is 9.18. The van der Waals surface area contributed by atoms with Gasteiger partial charge in [-0.25, -0.2) is 5.21 Å².